The van der Waals surface area contributed by atoms with Gasteiger partial charge in [-0.25, -0.2) is 0 Å². The van der Waals surface area contributed by atoms with Crippen molar-refractivity contribution in [2.45, 2.75) is 19.9 Å². The van der Waals surface area contributed by atoms with Gasteiger partial charge < -0.3 is 14.7 Å². The van der Waals surface area contributed by atoms with Gasteiger partial charge in [-0.3, -0.25) is 9.89 Å². The van der Waals surface area contributed by atoms with E-state index < -0.39 is 0 Å². The Balaban J connectivity index is 0.00000243. The Morgan fingerprint density at radius 2 is 1.88 bits per heavy atom. The topological polar surface area (TPSA) is 56.9 Å². The van der Waals surface area contributed by atoms with Crippen molar-refractivity contribution in [1.82, 2.24) is 20.3 Å². The molecular formula is C19H28IN5O. The molecular weight excluding hydrogens is 441 g/mol. The molecule has 0 atom stereocenters. The number of aryl methyl sites for hydroxylation is 1. The van der Waals surface area contributed by atoms with Gasteiger partial charge in [0.25, 0.3) is 0 Å². The summed E-state index contributed by atoms with van der Waals surface area (Å²) in [6, 6.07) is 10.7. The molecule has 2 heterocycles. The van der Waals surface area contributed by atoms with Gasteiger partial charge in [0.1, 0.15) is 6.26 Å². The molecule has 1 fully saturated rings. The number of aromatic nitrogens is 1. The molecule has 6 nitrogen and oxygen atoms in total. The molecule has 26 heavy (non-hydrogen) atoms. The van der Waals surface area contributed by atoms with Crippen LogP contribution in [0.5, 0.6) is 0 Å². The third kappa shape index (κ3) is 5.98. The van der Waals surface area contributed by atoms with Crippen LogP contribution in [0.4, 0.5) is 0 Å². The zero-order valence-corrected chi connectivity index (χ0v) is 17.8. The fraction of sp³-hybridized carbons (Fsp3) is 0.474. The first-order valence-corrected chi connectivity index (χ1v) is 8.87. The third-order valence-electron chi connectivity index (χ3n) is 4.58. The largest absolute Gasteiger partial charge is 0.364 e. The smallest absolute Gasteiger partial charge is 0.193 e. The maximum absolute atomic E-state index is 4.90. The molecule has 0 bridgehead atoms. The number of nitrogens with zero attached hydrogens (tertiary/aromatic N) is 4. The van der Waals surface area contributed by atoms with Crippen molar-refractivity contribution in [2.24, 2.45) is 4.99 Å². The number of piperazine rings is 1. The minimum absolute atomic E-state index is 0. The number of hydrogen-bond acceptors (Lipinski definition) is 4. The molecule has 0 saturated carbocycles. The van der Waals surface area contributed by atoms with E-state index in [0.29, 0.717) is 0 Å². The van der Waals surface area contributed by atoms with Crippen LogP contribution in [0.25, 0.3) is 0 Å². The summed E-state index contributed by atoms with van der Waals surface area (Å²) in [4.78, 5) is 9.17. The van der Waals surface area contributed by atoms with Crippen LogP contribution < -0.4 is 5.32 Å². The molecule has 1 aliphatic rings. The fourth-order valence-corrected chi connectivity index (χ4v) is 3.07. The molecule has 2 aromatic rings. The SMILES string of the molecule is CN=C(NCCc1ccc(C)cc1)N1CCN(Cc2ccon2)CC1.I. The summed E-state index contributed by atoms with van der Waals surface area (Å²) in [5.41, 5.74) is 3.65. The molecule has 3 rings (SSSR count). The van der Waals surface area contributed by atoms with E-state index in [4.69, 9.17) is 4.52 Å². The summed E-state index contributed by atoms with van der Waals surface area (Å²) in [5.74, 6) is 0.994. The molecule has 0 spiro atoms. The Labute approximate surface area is 172 Å². The van der Waals surface area contributed by atoms with Crippen LogP contribution in [-0.2, 0) is 13.0 Å². The van der Waals surface area contributed by atoms with Crippen LogP contribution >= 0.6 is 24.0 Å². The van der Waals surface area contributed by atoms with E-state index in [9.17, 15) is 0 Å². The first-order chi connectivity index (χ1) is 12.2. The van der Waals surface area contributed by atoms with Crippen LogP contribution in [-0.4, -0.2) is 60.7 Å². The Bertz CT molecular complexity index is 664. The van der Waals surface area contributed by atoms with E-state index in [-0.39, 0.29) is 24.0 Å². The van der Waals surface area contributed by atoms with E-state index in [2.05, 4.69) is 56.5 Å². The minimum Gasteiger partial charge on any atom is -0.364 e. The summed E-state index contributed by atoms with van der Waals surface area (Å²) >= 11 is 0. The molecule has 1 aliphatic heterocycles. The van der Waals surface area contributed by atoms with Gasteiger partial charge in [-0.15, -0.1) is 24.0 Å². The zero-order chi connectivity index (χ0) is 17.5. The van der Waals surface area contributed by atoms with Gasteiger partial charge in [-0.1, -0.05) is 35.0 Å². The molecule has 1 N–H and O–H groups in total. The van der Waals surface area contributed by atoms with Crippen LogP contribution in [0.2, 0.25) is 0 Å². The first-order valence-electron chi connectivity index (χ1n) is 8.87. The maximum atomic E-state index is 4.90. The predicted molar refractivity (Wildman–Crippen MR) is 115 cm³/mol. The van der Waals surface area contributed by atoms with E-state index in [1.165, 1.54) is 11.1 Å². The number of aliphatic imine (C=N–C) groups is 1. The zero-order valence-electron chi connectivity index (χ0n) is 15.5. The average Bonchev–Trinajstić information content (AvgIpc) is 3.14. The Hall–Kier alpha value is -1.61. The van der Waals surface area contributed by atoms with Gasteiger partial charge in [-0.05, 0) is 18.9 Å². The lowest BCUT2D eigenvalue weighted by Crippen LogP contribution is -2.52. The molecule has 0 amide bonds. The van der Waals surface area contributed by atoms with Crippen molar-refractivity contribution in [3.63, 3.8) is 0 Å². The van der Waals surface area contributed by atoms with Crippen LogP contribution in [0.1, 0.15) is 16.8 Å². The number of rotatable bonds is 5. The summed E-state index contributed by atoms with van der Waals surface area (Å²) in [6.07, 6.45) is 2.64. The number of halogens is 1. The summed E-state index contributed by atoms with van der Waals surface area (Å²) in [7, 11) is 1.86. The second-order valence-corrected chi connectivity index (χ2v) is 6.46. The van der Waals surface area contributed by atoms with Crippen molar-refractivity contribution < 1.29 is 4.52 Å². The van der Waals surface area contributed by atoms with Crippen molar-refractivity contribution >= 4 is 29.9 Å². The third-order valence-corrected chi connectivity index (χ3v) is 4.58. The molecule has 1 aromatic heterocycles. The van der Waals surface area contributed by atoms with Gasteiger partial charge in [0, 0.05) is 52.4 Å². The van der Waals surface area contributed by atoms with E-state index in [1.807, 2.05) is 13.1 Å². The van der Waals surface area contributed by atoms with Crippen molar-refractivity contribution in [2.75, 3.05) is 39.8 Å². The highest BCUT2D eigenvalue weighted by molar-refractivity contribution is 14.0. The number of hydrogen-bond donors (Lipinski definition) is 1. The van der Waals surface area contributed by atoms with Crippen molar-refractivity contribution in [1.29, 1.82) is 0 Å². The Morgan fingerprint density at radius 3 is 2.50 bits per heavy atom. The molecule has 7 heteroatoms. The Morgan fingerprint density at radius 1 is 1.15 bits per heavy atom. The van der Waals surface area contributed by atoms with E-state index >= 15 is 0 Å². The average molecular weight is 469 g/mol. The molecule has 0 radical (unpaired) electrons. The minimum atomic E-state index is 0. The van der Waals surface area contributed by atoms with Crippen LogP contribution in [0.15, 0.2) is 46.1 Å². The standard InChI is InChI=1S/C19H27N5O.HI/c1-16-3-5-17(6-4-16)7-9-21-19(20-2)24-12-10-23(11-13-24)15-18-8-14-25-22-18;/h3-6,8,14H,7,9-13,15H2,1-2H3,(H,20,21);1H. The quantitative estimate of drug-likeness (QED) is 0.415. The molecule has 1 saturated heterocycles. The number of benzene rings is 1. The second kappa shape index (κ2) is 10.5. The highest BCUT2D eigenvalue weighted by Gasteiger charge is 2.20. The normalized spacial score (nSPS) is 15.6. The predicted octanol–water partition coefficient (Wildman–Crippen LogP) is 2.54. The highest BCUT2D eigenvalue weighted by atomic mass is 127. The molecule has 1 aromatic carbocycles. The summed E-state index contributed by atoms with van der Waals surface area (Å²) in [5, 5.41) is 7.48. The number of guanidine groups is 1. The summed E-state index contributed by atoms with van der Waals surface area (Å²) in [6.45, 7) is 7.83. The van der Waals surface area contributed by atoms with Crippen LogP contribution in [0.3, 0.4) is 0 Å². The van der Waals surface area contributed by atoms with Crippen molar-refractivity contribution in [3.05, 3.63) is 53.4 Å². The lowest BCUT2D eigenvalue weighted by molar-refractivity contribution is 0.169. The van der Waals surface area contributed by atoms with Gasteiger partial charge in [0.05, 0.1) is 5.69 Å². The van der Waals surface area contributed by atoms with Gasteiger partial charge in [-0.2, -0.15) is 0 Å². The summed E-state index contributed by atoms with van der Waals surface area (Å²) < 4.78 is 4.90. The van der Waals surface area contributed by atoms with Gasteiger partial charge in [0.2, 0.25) is 0 Å². The van der Waals surface area contributed by atoms with E-state index in [0.717, 1.165) is 57.3 Å². The monoisotopic (exact) mass is 469 g/mol. The van der Waals surface area contributed by atoms with E-state index in [1.54, 1.807) is 6.26 Å². The van der Waals surface area contributed by atoms with Gasteiger partial charge >= 0.3 is 0 Å². The second-order valence-electron chi connectivity index (χ2n) is 6.46. The fourth-order valence-electron chi connectivity index (χ4n) is 3.07. The Kier molecular flexibility index (Phi) is 8.37. The van der Waals surface area contributed by atoms with Crippen molar-refractivity contribution in [3.8, 4) is 0 Å². The van der Waals surface area contributed by atoms with Crippen LogP contribution in [0, 0.1) is 6.92 Å². The molecule has 0 unspecified atom stereocenters. The lowest BCUT2D eigenvalue weighted by Gasteiger charge is -2.36. The molecule has 142 valence electrons. The van der Waals surface area contributed by atoms with Gasteiger partial charge in [0.15, 0.2) is 5.96 Å². The lowest BCUT2D eigenvalue weighted by atomic mass is 10.1. The highest BCUT2D eigenvalue weighted by Crippen LogP contribution is 2.07. The molecule has 0 aliphatic carbocycles. The first kappa shape index (κ1) is 20.7. The maximum Gasteiger partial charge on any atom is 0.193 e. The number of nitrogens with one attached hydrogen (secondary N) is 1.